The lowest BCUT2D eigenvalue weighted by Gasteiger charge is -2.14. The van der Waals surface area contributed by atoms with Gasteiger partial charge in [0.15, 0.2) is 0 Å². The number of hydrogen-bond donors (Lipinski definition) is 4. The lowest BCUT2D eigenvalue weighted by atomic mass is 9.97. The fraction of sp³-hybridized carbons (Fsp3) is 0.273. The van der Waals surface area contributed by atoms with Crippen molar-refractivity contribution in [2.45, 2.75) is 52.4 Å². The van der Waals surface area contributed by atoms with E-state index in [9.17, 15) is 0 Å². The molecule has 6 nitrogen and oxygen atoms in total. The van der Waals surface area contributed by atoms with Crippen LogP contribution in [0.2, 0.25) is 0 Å². The van der Waals surface area contributed by atoms with Crippen LogP contribution in [0.15, 0.2) is 84.5 Å². The normalized spacial score (nSPS) is 15.3. The number of fused-ring (bicyclic) bond motifs is 2. The molecule has 0 aliphatic carbocycles. The Hall–Kier alpha value is -4.32. The van der Waals surface area contributed by atoms with Crippen molar-refractivity contribution in [1.29, 1.82) is 0 Å². The fourth-order valence-corrected chi connectivity index (χ4v) is 5.14. The number of pyridine rings is 2. The second-order valence-corrected chi connectivity index (χ2v) is 10.5. The largest absolute Gasteiger partial charge is 0.402 e. The number of rotatable bonds is 9. The molecule has 3 heterocycles. The topological polar surface area (TPSA) is 102 Å². The molecule has 0 amide bonds. The van der Waals surface area contributed by atoms with Gasteiger partial charge in [0.25, 0.3) is 0 Å². The quantitative estimate of drug-likeness (QED) is 0.182. The lowest BCUT2D eigenvalue weighted by Crippen LogP contribution is -2.10. The SMILES string of the molecule is CCC/C(N)=C/C=C(\N)Nc1cc(CCc2cc3c(c(-c4ccc(C)cc4)n2)NCC3C)cc2cccnc12. The average molecular weight is 519 g/mol. The van der Waals surface area contributed by atoms with Gasteiger partial charge in [0.2, 0.25) is 0 Å². The van der Waals surface area contributed by atoms with Gasteiger partial charge in [0, 0.05) is 41.0 Å². The molecule has 0 bridgehead atoms. The summed E-state index contributed by atoms with van der Waals surface area (Å²) < 4.78 is 0. The first-order valence-corrected chi connectivity index (χ1v) is 13.8. The number of aromatic nitrogens is 2. The van der Waals surface area contributed by atoms with Gasteiger partial charge in [-0.05, 0) is 73.7 Å². The number of nitrogens with two attached hydrogens (primary N) is 2. The molecular weight excluding hydrogens is 480 g/mol. The van der Waals surface area contributed by atoms with E-state index in [4.69, 9.17) is 16.5 Å². The van der Waals surface area contributed by atoms with E-state index in [1.54, 1.807) is 0 Å². The molecule has 1 aliphatic heterocycles. The second-order valence-electron chi connectivity index (χ2n) is 10.5. The summed E-state index contributed by atoms with van der Waals surface area (Å²) in [4.78, 5) is 9.76. The van der Waals surface area contributed by atoms with Crippen molar-refractivity contribution in [1.82, 2.24) is 9.97 Å². The molecule has 200 valence electrons. The third kappa shape index (κ3) is 6.06. The van der Waals surface area contributed by atoms with Gasteiger partial charge < -0.3 is 22.1 Å². The van der Waals surface area contributed by atoms with Crippen molar-refractivity contribution >= 4 is 22.3 Å². The summed E-state index contributed by atoms with van der Waals surface area (Å²) >= 11 is 0. The average Bonchev–Trinajstić information content (AvgIpc) is 3.31. The van der Waals surface area contributed by atoms with Gasteiger partial charge in [-0.15, -0.1) is 0 Å². The molecule has 1 unspecified atom stereocenters. The van der Waals surface area contributed by atoms with Gasteiger partial charge in [0.05, 0.1) is 22.6 Å². The maximum absolute atomic E-state index is 6.31. The van der Waals surface area contributed by atoms with Gasteiger partial charge in [0.1, 0.15) is 5.82 Å². The van der Waals surface area contributed by atoms with E-state index < -0.39 is 0 Å². The van der Waals surface area contributed by atoms with Crippen LogP contribution in [-0.4, -0.2) is 16.5 Å². The summed E-state index contributed by atoms with van der Waals surface area (Å²) in [7, 11) is 0. The summed E-state index contributed by atoms with van der Waals surface area (Å²) in [5, 5.41) is 8.02. The molecule has 6 N–H and O–H groups in total. The zero-order valence-electron chi connectivity index (χ0n) is 23.1. The minimum absolute atomic E-state index is 0.462. The summed E-state index contributed by atoms with van der Waals surface area (Å²) in [5.41, 5.74) is 23.2. The van der Waals surface area contributed by atoms with E-state index in [2.05, 4.69) is 84.9 Å². The third-order valence-electron chi connectivity index (χ3n) is 7.27. The minimum atomic E-state index is 0.462. The van der Waals surface area contributed by atoms with Crippen molar-refractivity contribution in [3.63, 3.8) is 0 Å². The smallest absolute Gasteiger partial charge is 0.101 e. The molecule has 2 aromatic carbocycles. The number of aryl methyl sites for hydroxylation is 3. The summed E-state index contributed by atoms with van der Waals surface area (Å²) in [5.74, 6) is 0.992. The standard InChI is InChI=1S/C33H38N6/c1-4-6-26(34)13-15-30(35)39-29-18-23(17-25-7-5-16-36-31(25)29)10-14-27-19-28-22(3)20-37-33(28)32(38-27)24-11-8-21(2)9-12-24/h5,7-9,11-13,15-19,22,37,39H,4,6,10,14,20,34-35H2,1-3H3/b26-13-,30-15+. The number of benzene rings is 2. The van der Waals surface area contributed by atoms with Crippen LogP contribution < -0.4 is 22.1 Å². The van der Waals surface area contributed by atoms with Crippen LogP contribution in [0.3, 0.4) is 0 Å². The molecular formula is C33H38N6. The van der Waals surface area contributed by atoms with Crippen molar-refractivity contribution in [3.05, 3.63) is 107 Å². The van der Waals surface area contributed by atoms with Crippen LogP contribution in [0, 0.1) is 6.92 Å². The number of nitrogens with one attached hydrogen (secondary N) is 2. The summed E-state index contributed by atoms with van der Waals surface area (Å²) in [6.45, 7) is 7.44. The monoisotopic (exact) mass is 518 g/mol. The molecule has 1 aliphatic rings. The Morgan fingerprint density at radius 3 is 2.69 bits per heavy atom. The lowest BCUT2D eigenvalue weighted by molar-refractivity contribution is 0.844. The minimum Gasteiger partial charge on any atom is -0.402 e. The fourth-order valence-electron chi connectivity index (χ4n) is 5.14. The van der Waals surface area contributed by atoms with Crippen LogP contribution >= 0.6 is 0 Å². The molecule has 0 radical (unpaired) electrons. The molecule has 5 rings (SSSR count). The van der Waals surface area contributed by atoms with Crippen molar-refractivity contribution in [2.75, 3.05) is 17.2 Å². The van der Waals surface area contributed by atoms with Crippen LogP contribution in [0.5, 0.6) is 0 Å². The molecule has 39 heavy (non-hydrogen) atoms. The zero-order valence-corrected chi connectivity index (χ0v) is 23.1. The van der Waals surface area contributed by atoms with Gasteiger partial charge >= 0.3 is 0 Å². The first-order valence-electron chi connectivity index (χ1n) is 13.8. The predicted octanol–water partition coefficient (Wildman–Crippen LogP) is 6.77. The van der Waals surface area contributed by atoms with Gasteiger partial charge in [-0.3, -0.25) is 9.97 Å². The van der Waals surface area contributed by atoms with Crippen LogP contribution in [0.25, 0.3) is 22.2 Å². The number of anilines is 2. The Kier molecular flexibility index (Phi) is 7.82. The highest BCUT2D eigenvalue weighted by Crippen LogP contribution is 2.39. The Morgan fingerprint density at radius 1 is 1.08 bits per heavy atom. The third-order valence-corrected chi connectivity index (χ3v) is 7.27. The number of hydrogen-bond acceptors (Lipinski definition) is 6. The van der Waals surface area contributed by atoms with E-state index >= 15 is 0 Å². The van der Waals surface area contributed by atoms with Crippen LogP contribution in [-0.2, 0) is 12.8 Å². The van der Waals surface area contributed by atoms with Gasteiger partial charge in [-0.2, -0.15) is 0 Å². The molecule has 2 aromatic heterocycles. The molecule has 0 saturated carbocycles. The van der Waals surface area contributed by atoms with Crippen molar-refractivity contribution in [2.24, 2.45) is 11.5 Å². The molecule has 1 atom stereocenters. The maximum atomic E-state index is 6.31. The van der Waals surface area contributed by atoms with Gasteiger partial charge in [-0.1, -0.05) is 56.2 Å². The van der Waals surface area contributed by atoms with E-state index in [0.717, 1.165) is 71.5 Å². The Labute approximate surface area is 231 Å². The second kappa shape index (κ2) is 11.6. The van der Waals surface area contributed by atoms with Crippen molar-refractivity contribution in [3.8, 4) is 11.3 Å². The zero-order chi connectivity index (χ0) is 27.4. The maximum Gasteiger partial charge on any atom is 0.101 e. The number of allylic oxidation sites excluding steroid dienone is 3. The van der Waals surface area contributed by atoms with E-state index in [0.29, 0.717) is 11.7 Å². The molecule has 6 heteroatoms. The molecule has 0 saturated heterocycles. The molecule has 4 aromatic rings. The first-order chi connectivity index (χ1) is 18.9. The highest BCUT2D eigenvalue weighted by molar-refractivity contribution is 5.91. The summed E-state index contributed by atoms with van der Waals surface area (Å²) in [6.07, 6.45) is 9.04. The molecule has 0 fully saturated rings. The van der Waals surface area contributed by atoms with Gasteiger partial charge in [-0.25, -0.2) is 0 Å². The van der Waals surface area contributed by atoms with E-state index in [1.165, 1.54) is 22.4 Å². The Bertz CT molecular complexity index is 1530. The predicted molar refractivity (Wildman–Crippen MR) is 164 cm³/mol. The Balaban J connectivity index is 1.43. The summed E-state index contributed by atoms with van der Waals surface area (Å²) in [6, 6.07) is 19.3. The first kappa shape index (κ1) is 26.3. The number of nitrogens with zero attached hydrogens (tertiary/aromatic N) is 2. The Morgan fingerprint density at radius 2 is 1.90 bits per heavy atom. The van der Waals surface area contributed by atoms with E-state index in [-0.39, 0.29) is 0 Å². The van der Waals surface area contributed by atoms with Crippen LogP contribution in [0.1, 0.15) is 55.0 Å². The highest BCUT2D eigenvalue weighted by Gasteiger charge is 2.24. The molecule has 0 spiro atoms. The van der Waals surface area contributed by atoms with E-state index in [1.807, 2.05) is 24.4 Å². The van der Waals surface area contributed by atoms with Crippen LogP contribution in [0.4, 0.5) is 11.4 Å². The highest BCUT2D eigenvalue weighted by atomic mass is 15.0. The van der Waals surface area contributed by atoms with Crippen molar-refractivity contribution < 1.29 is 0 Å².